The SMILES string of the molecule is C=N/C=C\C=C\C(=O)NC. The molecule has 0 radical (unpaired) electrons. The van der Waals surface area contributed by atoms with Crippen LogP contribution < -0.4 is 5.32 Å². The number of hydrogen-bond acceptors (Lipinski definition) is 2. The number of nitrogens with one attached hydrogen (secondary N) is 1. The summed E-state index contributed by atoms with van der Waals surface area (Å²) >= 11 is 0. The molecule has 0 bridgehead atoms. The van der Waals surface area contributed by atoms with Crippen LogP contribution in [0.3, 0.4) is 0 Å². The maximum atomic E-state index is 10.5. The van der Waals surface area contributed by atoms with E-state index in [9.17, 15) is 4.79 Å². The van der Waals surface area contributed by atoms with Gasteiger partial charge in [0.25, 0.3) is 0 Å². The van der Waals surface area contributed by atoms with Gasteiger partial charge >= 0.3 is 0 Å². The number of allylic oxidation sites excluding steroid dienone is 2. The number of aliphatic imine (C=N–C) groups is 1. The number of rotatable bonds is 3. The van der Waals surface area contributed by atoms with Crippen molar-refractivity contribution >= 4 is 12.6 Å². The normalized spacial score (nSPS) is 10.5. The molecule has 0 spiro atoms. The number of carbonyl (C=O) groups excluding carboxylic acids is 1. The Labute approximate surface area is 60.2 Å². The average molecular weight is 138 g/mol. The monoisotopic (exact) mass is 138 g/mol. The highest BCUT2D eigenvalue weighted by Gasteiger charge is 1.82. The third-order valence-corrected chi connectivity index (χ3v) is 0.797. The Kier molecular flexibility index (Phi) is 4.96. The highest BCUT2D eigenvalue weighted by atomic mass is 16.1. The first-order valence-electron chi connectivity index (χ1n) is 2.82. The lowest BCUT2D eigenvalue weighted by atomic mass is 10.4. The van der Waals surface area contributed by atoms with E-state index in [2.05, 4.69) is 17.0 Å². The van der Waals surface area contributed by atoms with Crippen LogP contribution in [0.4, 0.5) is 0 Å². The van der Waals surface area contributed by atoms with Gasteiger partial charge in [-0.15, -0.1) is 0 Å². The van der Waals surface area contributed by atoms with E-state index in [-0.39, 0.29) is 5.91 Å². The summed E-state index contributed by atoms with van der Waals surface area (Å²) in [6.07, 6.45) is 6.12. The fraction of sp³-hybridized carbons (Fsp3) is 0.143. The minimum Gasteiger partial charge on any atom is -0.356 e. The maximum absolute atomic E-state index is 10.5. The molecule has 0 saturated carbocycles. The molecule has 0 heterocycles. The fourth-order valence-electron chi connectivity index (χ4n) is 0.337. The van der Waals surface area contributed by atoms with Crippen LogP contribution in [-0.4, -0.2) is 19.7 Å². The van der Waals surface area contributed by atoms with Crippen LogP contribution in [0.5, 0.6) is 0 Å². The number of carbonyl (C=O) groups is 1. The minimum absolute atomic E-state index is 0.131. The van der Waals surface area contributed by atoms with Gasteiger partial charge < -0.3 is 5.32 Å². The summed E-state index contributed by atoms with van der Waals surface area (Å²) < 4.78 is 0. The summed E-state index contributed by atoms with van der Waals surface area (Å²) in [5.41, 5.74) is 0. The Morgan fingerprint density at radius 1 is 1.60 bits per heavy atom. The van der Waals surface area contributed by atoms with E-state index < -0.39 is 0 Å². The van der Waals surface area contributed by atoms with Gasteiger partial charge in [-0.3, -0.25) is 9.79 Å². The van der Waals surface area contributed by atoms with Crippen molar-refractivity contribution in [1.29, 1.82) is 0 Å². The highest BCUT2D eigenvalue weighted by molar-refractivity contribution is 5.87. The van der Waals surface area contributed by atoms with Crippen LogP contribution >= 0.6 is 0 Å². The summed E-state index contributed by atoms with van der Waals surface area (Å²) in [6, 6.07) is 0. The first kappa shape index (κ1) is 8.62. The summed E-state index contributed by atoms with van der Waals surface area (Å²) in [7, 11) is 1.57. The van der Waals surface area contributed by atoms with Crippen molar-refractivity contribution < 1.29 is 4.79 Å². The van der Waals surface area contributed by atoms with Crippen molar-refractivity contribution in [3.63, 3.8) is 0 Å². The van der Waals surface area contributed by atoms with E-state index in [0.29, 0.717) is 0 Å². The molecule has 0 fully saturated rings. The third-order valence-electron chi connectivity index (χ3n) is 0.797. The van der Waals surface area contributed by atoms with Crippen molar-refractivity contribution in [1.82, 2.24) is 5.32 Å². The zero-order valence-corrected chi connectivity index (χ0v) is 5.87. The topological polar surface area (TPSA) is 41.5 Å². The Morgan fingerprint density at radius 2 is 2.30 bits per heavy atom. The van der Waals surface area contributed by atoms with Crippen molar-refractivity contribution in [2.75, 3.05) is 7.05 Å². The van der Waals surface area contributed by atoms with Crippen LogP contribution in [0.25, 0.3) is 0 Å². The Hall–Kier alpha value is -1.38. The lowest BCUT2D eigenvalue weighted by Crippen LogP contribution is -2.13. The summed E-state index contributed by atoms with van der Waals surface area (Å²) in [5.74, 6) is -0.131. The number of nitrogens with zero attached hydrogens (tertiary/aromatic N) is 1. The van der Waals surface area contributed by atoms with E-state index in [0.717, 1.165) is 0 Å². The summed E-state index contributed by atoms with van der Waals surface area (Å²) in [5, 5.41) is 2.44. The largest absolute Gasteiger partial charge is 0.356 e. The van der Waals surface area contributed by atoms with E-state index in [1.165, 1.54) is 12.3 Å². The van der Waals surface area contributed by atoms with Crippen LogP contribution in [0, 0.1) is 0 Å². The summed E-state index contributed by atoms with van der Waals surface area (Å²) in [6.45, 7) is 3.23. The van der Waals surface area contributed by atoms with Gasteiger partial charge in [0.15, 0.2) is 0 Å². The molecule has 0 aliphatic rings. The second kappa shape index (κ2) is 5.75. The Bertz CT molecular complexity index is 170. The molecule has 10 heavy (non-hydrogen) atoms. The molecule has 0 aromatic heterocycles. The first-order chi connectivity index (χ1) is 4.81. The van der Waals surface area contributed by atoms with Gasteiger partial charge in [-0.25, -0.2) is 0 Å². The molecule has 0 aromatic rings. The van der Waals surface area contributed by atoms with Crippen LogP contribution in [-0.2, 0) is 4.79 Å². The predicted octanol–water partition coefficient (Wildman–Crippen LogP) is 0.503. The van der Waals surface area contributed by atoms with Gasteiger partial charge in [-0.2, -0.15) is 0 Å². The third kappa shape index (κ3) is 4.77. The van der Waals surface area contributed by atoms with Gasteiger partial charge in [0.1, 0.15) is 0 Å². The molecule has 3 nitrogen and oxygen atoms in total. The summed E-state index contributed by atoms with van der Waals surface area (Å²) in [4.78, 5) is 13.9. The molecule has 0 saturated heterocycles. The van der Waals surface area contributed by atoms with Crippen molar-refractivity contribution in [3.8, 4) is 0 Å². The van der Waals surface area contributed by atoms with Gasteiger partial charge in [0.05, 0.1) is 0 Å². The molecule has 0 aromatic carbocycles. The van der Waals surface area contributed by atoms with Gasteiger partial charge in [-0.1, -0.05) is 6.08 Å². The van der Waals surface area contributed by atoms with Gasteiger partial charge in [0, 0.05) is 19.3 Å². The zero-order valence-electron chi connectivity index (χ0n) is 5.87. The molecule has 0 unspecified atom stereocenters. The quantitative estimate of drug-likeness (QED) is 0.344. The fourth-order valence-corrected chi connectivity index (χ4v) is 0.337. The van der Waals surface area contributed by atoms with E-state index in [4.69, 9.17) is 0 Å². The molecule has 1 N–H and O–H groups in total. The van der Waals surface area contributed by atoms with E-state index >= 15 is 0 Å². The molecule has 0 rings (SSSR count). The Balaban J connectivity index is 3.65. The van der Waals surface area contributed by atoms with Crippen LogP contribution in [0.2, 0.25) is 0 Å². The smallest absolute Gasteiger partial charge is 0.243 e. The lowest BCUT2D eigenvalue weighted by Gasteiger charge is -1.85. The van der Waals surface area contributed by atoms with Crippen LogP contribution in [0.15, 0.2) is 29.4 Å². The van der Waals surface area contributed by atoms with Crippen molar-refractivity contribution in [2.45, 2.75) is 0 Å². The average Bonchev–Trinajstić information content (AvgIpc) is 1.98. The van der Waals surface area contributed by atoms with Crippen molar-refractivity contribution in [3.05, 3.63) is 24.4 Å². The van der Waals surface area contributed by atoms with E-state index in [1.807, 2.05) is 0 Å². The standard InChI is InChI=1S/C7H10N2O/c1-8-6-4-3-5-7(10)9-2/h3-6H,1H2,2H3,(H,9,10)/b5-3+,6-4-. The van der Waals surface area contributed by atoms with E-state index in [1.54, 1.807) is 19.2 Å². The van der Waals surface area contributed by atoms with Gasteiger partial charge in [-0.05, 0) is 12.8 Å². The molecule has 0 atom stereocenters. The number of amides is 1. The van der Waals surface area contributed by atoms with Crippen molar-refractivity contribution in [2.24, 2.45) is 4.99 Å². The predicted molar refractivity (Wildman–Crippen MR) is 41.9 cm³/mol. The number of hydrogen-bond donors (Lipinski definition) is 1. The molecule has 0 aliphatic carbocycles. The molecular weight excluding hydrogens is 128 g/mol. The first-order valence-corrected chi connectivity index (χ1v) is 2.82. The van der Waals surface area contributed by atoms with Crippen LogP contribution in [0.1, 0.15) is 0 Å². The molecular formula is C7H10N2O. The molecule has 1 amide bonds. The maximum Gasteiger partial charge on any atom is 0.243 e. The lowest BCUT2D eigenvalue weighted by molar-refractivity contribution is -0.116. The second-order valence-electron chi connectivity index (χ2n) is 1.50. The Morgan fingerprint density at radius 3 is 2.80 bits per heavy atom. The molecule has 3 heteroatoms. The second-order valence-corrected chi connectivity index (χ2v) is 1.50. The molecule has 0 aliphatic heterocycles. The minimum atomic E-state index is -0.131. The highest BCUT2D eigenvalue weighted by Crippen LogP contribution is 1.76. The zero-order chi connectivity index (χ0) is 7.82. The number of likely N-dealkylation sites (N-methyl/N-ethyl adjacent to an activating group) is 1. The van der Waals surface area contributed by atoms with Gasteiger partial charge in [0.2, 0.25) is 5.91 Å². The molecule has 54 valence electrons.